The number of aromatic hydroxyl groups is 1. The van der Waals surface area contributed by atoms with Crippen molar-refractivity contribution in [1.82, 2.24) is 20.0 Å². The lowest BCUT2D eigenvalue weighted by Gasteiger charge is -2.44. The molecule has 0 spiro atoms. The maximum atomic E-state index is 13.7. The molecule has 4 aromatic rings. The third-order valence-corrected chi connectivity index (χ3v) is 13.6. The van der Waals surface area contributed by atoms with Gasteiger partial charge in [0.05, 0.1) is 11.1 Å². The molecule has 11 nitrogen and oxygen atoms in total. The van der Waals surface area contributed by atoms with E-state index in [0.29, 0.717) is 30.7 Å². The number of hydrogen-bond acceptors (Lipinski definition) is 8. The zero-order valence-corrected chi connectivity index (χ0v) is 32.4. The molecule has 10 rings (SSSR count). The topological polar surface area (TPSA) is 131 Å². The number of benzene rings is 4. The molecule has 2 N–H and O–H groups in total. The number of carbonyl (C=O) groups excluding carboxylic acids is 5. The molecule has 5 amide bonds. The van der Waals surface area contributed by atoms with Gasteiger partial charge in [0.15, 0.2) is 0 Å². The summed E-state index contributed by atoms with van der Waals surface area (Å²) in [5.74, 6) is -0.476. The first-order chi connectivity index (χ1) is 28.2. The third kappa shape index (κ3) is 6.45. The summed E-state index contributed by atoms with van der Waals surface area (Å²) in [6.07, 6.45) is 3.82. The molecule has 0 aromatic heterocycles. The Labute approximate surface area is 337 Å². The van der Waals surface area contributed by atoms with Crippen LogP contribution in [0.3, 0.4) is 0 Å². The van der Waals surface area contributed by atoms with Gasteiger partial charge in [0.25, 0.3) is 11.8 Å². The van der Waals surface area contributed by atoms with E-state index in [1.165, 1.54) is 27.9 Å². The zero-order chi connectivity index (χ0) is 39.7. The quantitative estimate of drug-likeness (QED) is 0.241. The lowest BCUT2D eigenvalue weighted by molar-refractivity contribution is -0.138. The van der Waals surface area contributed by atoms with Gasteiger partial charge in [-0.15, -0.1) is 0 Å². The molecule has 6 aliphatic rings. The SMILES string of the molecule is O=C1CCC(N2C(=O)c3cc4c(cc3C2=O)CN(C(=O)C2CCN(CC3CN(c5ccc([C@@H]6c7ccc(O)cc7CC[C@@H]6c6ccccc6)cc5)C3)CC2)C4)C(=O)N1. The van der Waals surface area contributed by atoms with Crippen molar-refractivity contribution in [3.63, 3.8) is 0 Å². The molecule has 3 atom stereocenters. The van der Waals surface area contributed by atoms with Gasteiger partial charge in [-0.2, -0.15) is 0 Å². The second kappa shape index (κ2) is 14.5. The van der Waals surface area contributed by atoms with E-state index in [0.717, 1.165) is 74.4 Å². The number of anilines is 1. The predicted molar refractivity (Wildman–Crippen MR) is 216 cm³/mol. The number of nitrogens with one attached hydrogen (secondary N) is 1. The molecule has 1 aliphatic carbocycles. The van der Waals surface area contributed by atoms with Gasteiger partial charge >= 0.3 is 0 Å². The van der Waals surface area contributed by atoms with E-state index in [4.69, 9.17) is 0 Å². The van der Waals surface area contributed by atoms with E-state index in [1.807, 2.05) is 17.0 Å². The van der Waals surface area contributed by atoms with Gasteiger partial charge in [-0.3, -0.25) is 34.2 Å². The lowest BCUT2D eigenvalue weighted by Crippen LogP contribution is -2.54. The van der Waals surface area contributed by atoms with E-state index >= 15 is 0 Å². The zero-order valence-electron chi connectivity index (χ0n) is 32.4. The number of phenols is 1. The Morgan fingerprint density at radius 1 is 0.724 bits per heavy atom. The fourth-order valence-electron chi connectivity index (χ4n) is 10.6. The van der Waals surface area contributed by atoms with Crippen molar-refractivity contribution in [3.05, 3.63) is 129 Å². The molecule has 3 saturated heterocycles. The number of likely N-dealkylation sites (tertiary alicyclic amines) is 1. The van der Waals surface area contributed by atoms with Crippen molar-refractivity contribution in [2.75, 3.05) is 37.6 Å². The fraction of sp³-hybridized carbons (Fsp3) is 0.383. The van der Waals surface area contributed by atoms with Crippen molar-refractivity contribution in [1.29, 1.82) is 0 Å². The minimum Gasteiger partial charge on any atom is -0.508 e. The van der Waals surface area contributed by atoms with Crippen LogP contribution in [0.4, 0.5) is 5.69 Å². The molecule has 11 heteroatoms. The molecule has 5 aliphatic heterocycles. The molecule has 1 unspecified atom stereocenters. The summed E-state index contributed by atoms with van der Waals surface area (Å²) >= 11 is 0. The minimum absolute atomic E-state index is 0.0524. The number of aryl methyl sites for hydroxylation is 1. The first-order valence-corrected chi connectivity index (χ1v) is 20.8. The Kier molecular flexibility index (Phi) is 9.15. The summed E-state index contributed by atoms with van der Waals surface area (Å²) in [6.45, 7) is 5.63. The highest BCUT2D eigenvalue weighted by atomic mass is 16.3. The maximum absolute atomic E-state index is 13.7. The second-order valence-corrected chi connectivity index (χ2v) is 17.2. The van der Waals surface area contributed by atoms with Crippen LogP contribution in [0.15, 0.2) is 84.9 Å². The van der Waals surface area contributed by atoms with Crippen LogP contribution < -0.4 is 10.2 Å². The number of phenolic OH excluding ortho intramolecular Hbond substituents is 1. The lowest BCUT2D eigenvalue weighted by atomic mass is 9.69. The summed E-state index contributed by atoms with van der Waals surface area (Å²) in [5, 5.41) is 12.4. The standard InChI is InChI=1S/C47H47N5O6/c53-36-11-13-38-32(20-36)8-12-37(29-4-2-1-3-5-29)43(38)30-6-9-35(10-7-30)50-24-28(25-50)23-49-18-16-31(17-19-49)45(56)51-26-33-21-39-40(22-34(33)27-51)47(58)52(46(39)57)41-14-15-42(54)48-44(41)55/h1-7,9-11,13,20-22,28,31,37,41,43,53H,8,12,14-19,23-27H2,(H,48,54,55)/t37-,41?,43+/m1/s1. The van der Waals surface area contributed by atoms with Gasteiger partial charge < -0.3 is 19.8 Å². The smallest absolute Gasteiger partial charge is 0.262 e. The molecule has 0 saturated carbocycles. The number of amides is 5. The van der Waals surface area contributed by atoms with Gasteiger partial charge in [0.2, 0.25) is 17.7 Å². The fourth-order valence-corrected chi connectivity index (χ4v) is 10.6. The average molecular weight is 778 g/mol. The number of fused-ring (bicyclic) bond motifs is 3. The predicted octanol–water partition coefficient (Wildman–Crippen LogP) is 5.35. The molecule has 5 heterocycles. The number of hydrogen-bond donors (Lipinski definition) is 2. The average Bonchev–Trinajstić information content (AvgIpc) is 3.75. The van der Waals surface area contributed by atoms with Crippen molar-refractivity contribution < 1.29 is 29.1 Å². The summed E-state index contributed by atoms with van der Waals surface area (Å²) in [7, 11) is 0. The second-order valence-electron chi connectivity index (χ2n) is 17.2. The Bertz CT molecular complexity index is 2290. The molecular weight excluding hydrogens is 731 g/mol. The summed E-state index contributed by atoms with van der Waals surface area (Å²) in [5.41, 5.74) is 8.70. The summed E-state index contributed by atoms with van der Waals surface area (Å²) in [4.78, 5) is 72.3. The highest BCUT2D eigenvalue weighted by Crippen LogP contribution is 2.47. The van der Waals surface area contributed by atoms with Crippen molar-refractivity contribution in [2.45, 2.75) is 69.5 Å². The molecule has 4 aromatic carbocycles. The highest BCUT2D eigenvalue weighted by molar-refractivity contribution is 6.23. The van der Waals surface area contributed by atoms with E-state index in [9.17, 15) is 29.1 Å². The van der Waals surface area contributed by atoms with Gasteiger partial charge in [-0.1, -0.05) is 48.5 Å². The molecule has 58 heavy (non-hydrogen) atoms. The van der Waals surface area contributed by atoms with Crippen molar-refractivity contribution in [2.24, 2.45) is 11.8 Å². The van der Waals surface area contributed by atoms with Crippen LogP contribution in [0, 0.1) is 11.8 Å². The first kappa shape index (κ1) is 36.5. The van der Waals surface area contributed by atoms with Crippen LogP contribution in [0.5, 0.6) is 5.75 Å². The summed E-state index contributed by atoms with van der Waals surface area (Å²) in [6, 6.07) is 28.3. The Morgan fingerprint density at radius 2 is 1.41 bits per heavy atom. The summed E-state index contributed by atoms with van der Waals surface area (Å²) < 4.78 is 0. The number of piperidine rings is 2. The van der Waals surface area contributed by atoms with E-state index in [2.05, 4.69) is 75.8 Å². The normalized spacial score (nSPS) is 23.7. The number of carbonyl (C=O) groups is 5. The maximum Gasteiger partial charge on any atom is 0.262 e. The van der Waals surface area contributed by atoms with E-state index < -0.39 is 29.7 Å². The molecular formula is C47H47N5O6. The highest BCUT2D eigenvalue weighted by Gasteiger charge is 2.46. The van der Waals surface area contributed by atoms with Crippen LogP contribution in [-0.2, 0) is 33.9 Å². The Balaban J connectivity index is 0.715. The molecule has 296 valence electrons. The van der Waals surface area contributed by atoms with Gasteiger partial charge in [0, 0.05) is 62.6 Å². The van der Waals surface area contributed by atoms with Gasteiger partial charge in [-0.05, 0) is 121 Å². The molecule has 0 bridgehead atoms. The van der Waals surface area contributed by atoms with E-state index in [-0.39, 0.29) is 41.7 Å². The Morgan fingerprint density at radius 3 is 2.09 bits per heavy atom. The van der Waals surface area contributed by atoms with Crippen molar-refractivity contribution >= 4 is 35.2 Å². The Hall–Kier alpha value is -5.81. The monoisotopic (exact) mass is 777 g/mol. The number of nitrogens with zero attached hydrogens (tertiary/aromatic N) is 4. The first-order valence-electron chi connectivity index (χ1n) is 20.8. The van der Waals surface area contributed by atoms with Crippen LogP contribution in [0.1, 0.15) is 98.0 Å². The van der Waals surface area contributed by atoms with Crippen LogP contribution in [-0.4, -0.2) is 88.1 Å². The van der Waals surface area contributed by atoms with Crippen molar-refractivity contribution in [3.8, 4) is 5.75 Å². The van der Waals surface area contributed by atoms with Gasteiger partial charge in [0.1, 0.15) is 11.8 Å². The van der Waals surface area contributed by atoms with E-state index in [1.54, 1.807) is 12.1 Å². The van der Waals surface area contributed by atoms with Crippen LogP contribution in [0.2, 0.25) is 0 Å². The molecule has 3 fully saturated rings. The largest absolute Gasteiger partial charge is 0.508 e. The number of imide groups is 2. The minimum atomic E-state index is -0.997. The van der Waals surface area contributed by atoms with Crippen LogP contribution in [0.25, 0.3) is 0 Å². The van der Waals surface area contributed by atoms with Crippen LogP contribution >= 0.6 is 0 Å². The number of rotatable bonds is 7. The third-order valence-electron chi connectivity index (χ3n) is 13.6. The molecule has 0 radical (unpaired) electrons. The van der Waals surface area contributed by atoms with Gasteiger partial charge in [-0.25, -0.2) is 0 Å².